The predicted molar refractivity (Wildman–Crippen MR) is 135 cm³/mol. The predicted octanol–water partition coefficient (Wildman–Crippen LogP) is 5.19. The number of rotatable bonds is 8. The van der Waals surface area contributed by atoms with Crippen LogP contribution in [-0.2, 0) is 0 Å². The number of nitrogens with zero attached hydrogens (tertiary/aromatic N) is 1. The van der Waals surface area contributed by atoms with Crippen molar-refractivity contribution in [2.45, 2.75) is 24.7 Å². The molecule has 184 valence electrons. The lowest BCUT2D eigenvalue weighted by molar-refractivity contribution is 0.237. The minimum atomic E-state index is 0.00241. The molecule has 3 aromatic carbocycles. The van der Waals surface area contributed by atoms with Crippen LogP contribution in [0.25, 0.3) is 0 Å². The van der Waals surface area contributed by atoms with E-state index in [-0.39, 0.29) is 17.6 Å². The van der Waals surface area contributed by atoms with Crippen molar-refractivity contribution in [3.05, 3.63) is 77.4 Å². The van der Waals surface area contributed by atoms with Gasteiger partial charge in [0, 0.05) is 23.9 Å². The fraction of sp³-hybridized carbons (Fsp3) is 0.379. The quantitative estimate of drug-likeness (QED) is 0.484. The van der Waals surface area contributed by atoms with E-state index < -0.39 is 0 Å². The van der Waals surface area contributed by atoms with Gasteiger partial charge < -0.3 is 24.1 Å². The van der Waals surface area contributed by atoms with E-state index in [2.05, 4.69) is 23.1 Å². The van der Waals surface area contributed by atoms with Crippen molar-refractivity contribution < 1.29 is 24.1 Å². The molecule has 5 rings (SSSR count). The van der Waals surface area contributed by atoms with Crippen molar-refractivity contribution in [1.29, 1.82) is 0 Å². The highest BCUT2D eigenvalue weighted by atomic mass is 16.5. The molecule has 2 atom stereocenters. The van der Waals surface area contributed by atoms with E-state index >= 15 is 0 Å². The third-order valence-electron chi connectivity index (χ3n) is 7.10. The number of likely N-dealkylation sites (tertiary alicyclic amines) is 1. The van der Waals surface area contributed by atoms with E-state index in [0.29, 0.717) is 24.7 Å². The van der Waals surface area contributed by atoms with Crippen LogP contribution in [0.1, 0.15) is 41.4 Å². The highest BCUT2D eigenvalue weighted by Gasteiger charge is 2.34. The number of methoxy groups -OCH3 is 2. The van der Waals surface area contributed by atoms with Gasteiger partial charge in [-0.05, 0) is 79.5 Å². The Kier molecular flexibility index (Phi) is 7.00. The maximum absolute atomic E-state index is 10.3. The lowest BCUT2D eigenvalue weighted by Crippen LogP contribution is -2.25. The van der Waals surface area contributed by atoms with Gasteiger partial charge in [0.1, 0.15) is 23.9 Å². The van der Waals surface area contributed by atoms with Crippen molar-refractivity contribution in [1.82, 2.24) is 4.90 Å². The number of phenols is 1. The first-order chi connectivity index (χ1) is 17.2. The number of benzene rings is 3. The maximum Gasteiger partial charge on any atom is 0.160 e. The second-order valence-electron chi connectivity index (χ2n) is 9.20. The standard InChI is InChI=1S/C29H33NO5/c1-32-27-11-7-21(17-28(27)33-2)25-19-35-26-12-8-22(31)18-24(26)29(25)20-5-9-23(10-6-20)34-16-15-30-13-3-4-14-30/h5-12,17-18,25,29,31H,3-4,13-16,19H2,1-2H3. The molecule has 1 N–H and O–H groups in total. The summed E-state index contributed by atoms with van der Waals surface area (Å²) >= 11 is 0. The molecule has 0 amide bonds. The molecule has 35 heavy (non-hydrogen) atoms. The van der Waals surface area contributed by atoms with E-state index in [0.717, 1.165) is 34.7 Å². The normalized spacial score (nSPS) is 19.6. The first-order valence-electron chi connectivity index (χ1n) is 12.3. The lowest BCUT2D eigenvalue weighted by atomic mass is 9.75. The topological polar surface area (TPSA) is 60.4 Å². The van der Waals surface area contributed by atoms with E-state index in [1.165, 1.54) is 25.9 Å². The Morgan fingerprint density at radius 1 is 0.886 bits per heavy atom. The van der Waals surface area contributed by atoms with Gasteiger partial charge in [-0.15, -0.1) is 0 Å². The Hall–Kier alpha value is -3.38. The largest absolute Gasteiger partial charge is 0.508 e. The molecule has 0 bridgehead atoms. The molecule has 2 unspecified atom stereocenters. The van der Waals surface area contributed by atoms with Crippen molar-refractivity contribution >= 4 is 0 Å². The Morgan fingerprint density at radius 3 is 2.37 bits per heavy atom. The summed E-state index contributed by atoms with van der Waals surface area (Å²) < 4.78 is 23.2. The van der Waals surface area contributed by atoms with Crippen LogP contribution in [0.5, 0.6) is 28.7 Å². The molecule has 6 heteroatoms. The zero-order chi connectivity index (χ0) is 24.2. The second kappa shape index (κ2) is 10.5. The van der Waals surface area contributed by atoms with Gasteiger partial charge in [0.2, 0.25) is 0 Å². The van der Waals surface area contributed by atoms with Gasteiger partial charge in [0.05, 0.1) is 20.8 Å². The van der Waals surface area contributed by atoms with Crippen molar-refractivity contribution in [3.63, 3.8) is 0 Å². The van der Waals surface area contributed by atoms with Gasteiger partial charge in [-0.2, -0.15) is 0 Å². The average Bonchev–Trinajstić information content (AvgIpc) is 3.41. The van der Waals surface area contributed by atoms with Gasteiger partial charge in [-0.1, -0.05) is 18.2 Å². The summed E-state index contributed by atoms with van der Waals surface area (Å²) in [5.74, 6) is 3.32. The van der Waals surface area contributed by atoms with Crippen LogP contribution in [0.2, 0.25) is 0 Å². The number of hydrogen-bond donors (Lipinski definition) is 1. The summed E-state index contributed by atoms with van der Waals surface area (Å²) in [6.07, 6.45) is 2.58. The van der Waals surface area contributed by atoms with Crippen LogP contribution < -0.4 is 18.9 Å². The Bertz CT molecular complexity index is 1140. The van der Waals surface area contributed by atoms with Crippen LogP contribution >= 0.6 is 0 Å². The van der Waals surface area contributed by atoms with Crippen LogP contribution in [0, 0.1) is 0 Å². The molecule has 6 nitrogen and oxygen atoms in total. The SMILES string of the molecule is COc1ccc(C2COc3ccc(O)cc3C2c2ccc(OCCN3CCCC3)cc2)cc1OC. The van der Waals surface area contributed by atoms with Gasteiger partial charge >= 0.3 is 0 Å². The third kappa shape index (κ3) is 5.03. The van der Waals surface area contributed by atoms with E-state index in [4.69, 9.17) is 18.9 Å². The molecule has 2 heterocycles. The molecule has 0 aromatic heterocycles. The summed E-state index contributed by atoms with van der Waals surface area (Å²) in [5.41, 5.74) is 3.21. The monoisotopic (exact) mass is 475 g/mol. The lowest BCUT2D eigenvalue weighted by Gasteiger charge is -2.35. The zero-order valence-corrected chi connectivity index (χ0v) is 20.4. The highest BCUT2D eigenvalue weighted by molar-refractivity contribution is 5.52. The second-order valence-corrected chi connectivity index (χ2v) is 9.20. The molecule has 2 aliphatic heterocycles. The Labute approximate surface area is 207 Å². The third-order valence-corrected chi connectivity index (χ3v) is 7.10. The van der Waals surface area contributed by atoms with Crippen molar-refractivity contribution in [3.8, 4) is 28.7 Å². The van der Waals surface area contributed by atoms with E-state index in [9.17, 15) is 5.11 Å². The maximum atomic E-state index is 10.3. The van der Waals surface area contributed by atoms with Crippen LogP contribution in [-0.4, -0.2) is 57.1 Å². The summed E-state index contributed by atoms with van der Waals surface area (Å²) in [7, 11) is 3.28. The molecular weight excluding hydrogens is 442 g/mol. The Morgan fingerprint density at radius 2 is 1.63 bits per heavy atom. The molecule has 0 saturated carbocycles. The molecule has 0 aliphatic carbocycles. The van der Waals surface area contributed by atoms with Gasteiger partial charge in [-0.3, -0.25) is 4.90 Å². The zero-order valence-electron chi connectivity index (χ0n) is 20.4. The molecule has 1 saturated heterocycles. The number of ether oxygens (including phenoxy) is 4. The molecule has 2 aliphatic rings. The van der Waals surface area contributed by atoms with Crippen molar-refractivity contribution in [2.75, 3.05) is 47.1 Å². The van der Waals surface area contributed by atoms with Crippen LogP contribution in [0.15, 0.2) is 60.7 Å². The van der Waals surface area contributed by atoms with Crippen LogP contribution in [0.3, 0.4) is 0 Å². The first kappa shape index (κ1) is 23.4. The fourth-order valence-corrected chi connectivity index (χ4v) is 5.26. The van der Waals surface area contributed by atoms with E-state index in [1.54, 1.807) is 20.3 Å². The Balaban J connectivity index is 1.43. The van der Waals surface area contributed by atoms with E-state index in [1.807, 2.05) is 36.4 Å². The number of hydrogen-bond acceptors (Lipinski definition) is 6. The van der Waals surface area contributed by atoms with Gasteiger partial charge in [0.25, 0.3) is 0 Å². The number of fused-ring (bicyclic) bond motifs is 1. The minimum Gasteiger partial charge on any atom is -0.508 e. The highest BCUT2D eigenvalue weighted by Crippen LogP contribution is 2.48. The van der Waals surface area contributed by atoms with Gasteiger partial charge in [-0.25, -0.2) is 0 Å². The van der Waals surface area contributed by atoms with Gasteiger partial charge in [0.15, 0.2) is 11.5 Å². The molecule has 3 aromatic rings. The molecule has 0 radical (unpaired) electrons. The molecule has 1 fully saturated rings. The van der Waals surface area contributed by atoms with Crippen LogP contribution in [0.4, 0.5) is 0 Å². The smallest absolute Gasteiger partial charge is 0.160 e. The minimum absolute atomic E-state index is 0.00241. The first-order valence-corrected chi connectivity index (χ1v) is 12.3. The molecular formula is C29H33NO5. The number of aromatic hydroxyl groups is 1. The summed E-state index contributed by atoms with van der Waals surface area (Å²) in [4.78, 5) is 2.45. The number of phenolic OH excluding ortho intramolecular Hbond substituents is 1. The fourth-order valence-electron chi connectivity index (χ4n) is 5.26. The molecule has 0 spiro atoms. The average molecular weight is 476 g/mol. The summed E-state index contributed by atoms with van der Waals surface area (Å²) in [6, 6.07) is 19.7. The van der Waals surface area contributed by atoms with Crippen molar-refractivity contribution in [2.24, 2.45) is 0 Å². The summed E-state index contributed by atoms with van der Waals surface area (Å²) in [6.45, 7) is 4.54. The summed E-state index contributed by atoms with van der Waals surface area (Å²) in [5, 5.41) is 10.3.